The van der Waals surface area contributed by atoms with Crippen LogP contribution in [0.5, 0.6) is 0 Å². The van der Waals surface area contributed by atoms with E-state index >= 15 is 0 Å². The van der Waals surface area contributed by atoms with Gasteiger partial charge in [0, 0.05) is 0 Å². The van der Waals surface area contributed by atoms with Crippen molar-refractivity contribution in [1.82, 2.24) is 0 Å². The fourth-order valence-electron chi connectivity index (χ4n) is 1.23. The Morgan fingerprint density at radius 1 is 1.22 bits per heavy atom. The van der Waals surface area contributed by atoms with E-state index in [0.29, 0.717) is 0 Å². The third kappa shape index (κ3) is 1.62. The van der Waals surface area contributed by atoms with Gasteiger partial charge in [0.1, 0.15) is 4.75 Å². The van der Waals surface area contributed by atoms with Crippen LogP contribution in [0.15, 0.2) is 0 Å². The summed E-state index contributed by atoms with van der Waals surface area (Å²) >= 11 is 5.09. The van der Waals surface area contributed by atoms with Crippen molar-refractivity contribution in [1.29, 1.82) is 5.26 Å². The minimum atomic E-state index is -0.391. The Kier molecular flexibility index (Phi) is 2.02. The highest BCUT2D eigenvalue weighted by molar-refractivity contribution is 7.82. The molecule has 1 aliphatic carbocycles. The molecule has 1 nitrogen and oxygen atoms in total. The maximum Gasteiger partial charge on any atom is 0.113 e. The second-order valence-corrected chi connectivity index (χ2v) is 3.45. The number of rotatable bonds is 0. The number of nitriles is 1. The molecule has 49 valence electrons. The molecule has 0 heterocycles. The predicted molar refractivity (Wildman–Crippen MR) is 39.0 cm³/mol. The van der Waals surface area contributed by atoms with E-state index in [4.69, 9.17) is 17.9 Å². The lowest BCUT2D eigenvalue weighted by Crippen LogP contribution is -2.21. The summed E-state index contributed by atoms with van der Waals surface area (Å²) in [6, 6.07) is 2.20. The van der Waals surface area contributed by atoms with Crippen molar-refractivity contribution in [2.75, 3.05) is 0 Å². The van der Waals surface area contributed by atoms with Gasteiger partial charge in [-0.2, -0.15) is 5.26 Å². The average Bonchev–Trinajstić information content (AvgIpc) is 1.90. The number of hydrogen-bond donors (Lipinski definition) is 0. The lowest BCUT2D eigenvalue weighted by molar-refractivity contribution is 0.462. The van der Waals surface area contributed by atoms with Crippen LogP contribution in [0.4, 0.5) is 0 Å². The van der Waals surface area contributed by atoms with E-state index in [2.05, 4.69) is 6.07 Å². The standard InChI is InChI=1S/C7H10NS/c8-6-7(9)4-2-1-3-5-7/h1-5H2. The van der Waals surface area contributed by atoms with Crippen molar-refractivity contribution in [2.24, 2.45) is 0 Å². The Hall–Kier alpha value is -0.160. The van der Waals surface area contributed by atoms with Crippen LogP contribution in [0.3, 0.4) is 0 Å². The Bertz CT molecular complexity index is 130. The van der Waals surface area contributed by atoms with Gasteiger partial charge in [-0.3, -0.25) is 0 Å². The molecular weight excluding hydrogens is 130 g/mol. The molecule has 9 heavy (non-hydrogen) atoms. The molecule has 0 amide bonds. The molecule has 0 aromatic rings. The largest absolute Gasteiger partial charge is 0.197 e. The van der Waals surface area contributed by atoms with E-state index in [1.807, 2.05) is 0 Å². The summed E-state index contributed by atoms with van der Waals surface area (Å²) in [5.41, 5.74) is 0. The maximum atomic E-state index is 8.60. The first-order valence-electron chi connectivity index (χ1n) is 3.38. The number of hydrogen-bond acceptors (Lipinski definition) is 1. The molecule has 0 spiro atoms. The summed E-state index contributed by atoms with van der Waals surface area (Å²) in [5.74, 6) is 0. The highest BCUT2D eigenvalue weighted by atomic mass is 32.1. The molecule has 1 aliphatic rings. The molecule has 0 N–H and O–H groups in total. The van der Waals surface area contributed by atoms with Crippen LogP contribution in [-0.4, -0.2) is 4.75 Å². The van der Waals surface area contributed by atoms with E-state index in [-0.39, 0.29) is 0 Å². The quantitative estimate of drug-likeness (QED) is 0.507. The lowest BCUT2D eigenvalue weighted by atomic mass is 9.89. The molecule has 1 fully saturated rings. The van der Waals surface area contributed by atoms with Gasteiger partial charge in [0.05, 0.1) is 6.07 Å². The minimum Gasteiger partial charge on any atom is -0.197 e. The SMILES string of the molecule is N#CC1([S])CCCCC1. The van der Waals surface area contributed by atoms with Crippen molar-refractivity contribution in [3.63, 3.8) is 0 Å². The molecule has 2 heteroatoms. The molecule has 0 aliphatic heterocycles. The summed E-state index contributed by atoms with van der Waals surface area (Å²) in [6.45, 7) is 0. The zero-order valence-electron chi connectivity index (χ0n) is 5.39. The van der Waals surface area contributed by atoms with E-state index in [9.17, 15) is 0 Å². The minimum absolute atomic E-state index is 0.391. The third-order valence-electron chi connectivity index (χ3n) is 1.86. The van der Waals surface area contributed by atoms with Gasteiger partial charge in [-0.15, -0.1) is 0 Å². The number of nitrogens with zero attached hydrogens (tertiary/aromatic N) is 1. The van der Waals surface area contributed by atoms with Gasteiger partial charge in [0.25, 0.3) is 0 Å². The molecule has 0 bridgehead atoms. The van der Waals surface area contributed by atoms with Crippen molar-refractivity contribution in [3.05, 3.63) is 0 Å². The smallest absolute Gasteiger partial charge is 0.113 e. The normalized spacial score (nSPS) is 24.9. The van der Waals surface area contributed by atoms with Gasteiger partial charge < -0.3 is 0 Å². The van der Waals surface area contributed by atoms with Crippen molar-refractivity contribution in [2.45, 2.75) is 36.9 Å². The van der Waals surface area contributed by atoms with Crippen LogP contribution < -0.4 is 0 Å². The Morgan fingerprint density at radius 2 is 1.78 bits per heavy atom. The molecule has 1 saturated carbocycles. The second kappa shape index (κ2) is 2.62. The summed E-state index contributed by atoms with van der Waals surface area (Å²) in [7, 11) is 0. The van der Waals surface area contributed by atoms with Gasteiger partial charge in [-0.05, 0) is 12.8 Å². The molecule has 1 rings (SSSR count). The summed E-state index contributed by atoms with van der Waals surface area (Å²) < 4.78 is -0.391. The average molecular weight is 140 g/mol. The maximum absolute atomic E-state index is 8.60. The first-order chi connectivity index (χ1) is 4.27. The molecule has 0 atom stereocenters. The van der Waals surface area contributed by atoms with Crippen LogP contribution in [0.1, 0.15) is 32.1 Å². The fraction of sp³-hybridized carbons (Fsp3) is 0.857. The molecule has 0 aromatic heterocycles. The molecular formula is C7H10NS. The molecule has 0 unspecified atom stereocenters. The summed E-state index contributed by atoms with van der Waals surface area (Å²) in [5, 5.41) is 8.60. The van der Waals surface area contributed by atoms with Gasteiger partial charge in [0.2, 0.25) is 0 Å². The Labute approximate surface area is 61.5 Å². The lowest BCUT2D eigenvalue weighted by Gasteiger charge is -2.23. The second-order valence-electron chi connectivity index (χ2n) is 2.67. The van der Waals surface area contributed by atoms with Crippen LogP contribution in [0, 0.1) is 11.3 Å². The Morgan fingerprint density at radius 3 is 2.11 bits per heavy atom. The summed E-state index contributed by atoms with van der Waals surface area (Å²) in [6.07, 6.45) is 5.42. The topological polar surface area (TPSA) is 23.8 Å². The van der Waals surface area contributed by atoms with E-state index in [1.54, 1.807) is 0 Å². The van der Waals surface area contributed by atoms with Crippen molar-refractivity contribution >= 4 is 12.6 Å². The van der Waals surface area contributed by atoms with Crippen LogP contribution in [0.25, 0.3) is 0 Å². The van der Waals surface area contributed by atoms with E-state index in [1.165, 1.54) is 6.42 Å². The predicted octanol–water partition coefficient (Wildman–Crippen LogP) is 2.41. The fourth-order valence-corrected chi connectivity index (χ4v) is 1.52. The van der Waals surface area contributed by atoms with Crippen LogP contribution in [-0.2, 0) is 0 Å². The first kappa shape index (κ1) is 6.95. The van der Waals surface area contributed by atoms with Gasteiger partial charge in [0.15, 0.2) is 0 Å². The summed E-state index contributed by atoms with van der Waals surface area (Å²) in [4.78, 5) is 0. The zero-order chi connectivity index (χ0) is 6.74. The highest BCUT2D eigenvalue weighted by Gasteiger charge is 2.27. The van der Waals surface area contributed by atoms with Crippen molar-refractivity contribution in [3.8, 4) is 6.07 Å². The van der Waals surface area contributed by atoms with Gasteiger partial charge in [-0.1, -0.05) is 31.9 Å². The van der Waals surface area contributed by atoms with E-state index < -0.39 is 4.75 Å². The zero-order valence-corrected chi connectivity index (χ0v) is 6.21. The van der Waals surface area contributed by atoms with Crippen LogP contribution in [0.2, 0.25) is 0 Å². The molecule has 0 saturated heterocycles. The van der Waals surface area contributed by atoms with Crippen LogP contribution >= 0.6 is 12.6 Å². The van der Waals surface area contributed by atoms with Crippen molar-refractivity contribution < 1.29 is 0 Å². The monoisotopic (exact) mass is 140 g/mol. The first-order valence-corrected chi connectivity index (χ1v) is 3.79. The van der Waals surface area contributed by atoms with E-state index in [0.717, 1.165) is 25.7 Å². The molecule has 0 aromatic carbocycles. The Balaban J connectivity index is 2.49. The molecule has 1 radical (unpaired) electrons. The highest BCUT2D eigenvalue weighted by Crippen LogP contribution is 2.32. The third-order valence-corrected chi connectivity index (χ3v) is 2.36. The van der Waals surface area contributed by atoms with Gasteiger partial charge >= 0.3 is 0 Å². The van der Waals surface area contributed by atoms with Gasteiger partial charge in [-0.25, -0.2) is 0 Å².